The van der Waals surface area contributed by atoms with Gasteiger partial charge in [-0.3, -0.25) is 0 Å². The van der Waals surface area contributed by atoms with Gasteiger partial charge in [-0.05, 0) is 25.7 Å². The van der Waals surface area contributed by atoms with Gasteiger partial charge in [0.2, 0.25) is 6.56 Å². The van der Waals surface area contributed by atoms with Gasteiger partial charge in [0.15, 0.2) is 0 Å². The molecule has 0 atom stereocenters. The molecule has 0 saturated carbocycles. The highest BCUT2D eigenvalue weighted by molar-refractivity contribution is 8.23. The first-order valence-electron chi connectivity index (χ1n) is 3.68. The Hall–Kier alpha value is -0.365. The second-order valence-electron chi connectivity index (χ2n) is 2.64. The van der Waals surface area contributed by atoms with Crippen LogP contribution in [-0.2, 0) is 0 Å². The molecule has 1 aromatic rings. The second-order valence-corrected chi connectivity index (χ2v) is 3.35. The van der Waals surface area contributed by atoms with E-state index in [1.54, 1.807) is 11.6 Å². The molecule has 2 heteroatoms. The number of rotatable bonds is 2. The lowest BCUT2D eigenvalue weighted by atomic mass is 9.87. The van der Waals surface area contributed by atoms with E-state index in [1.165, 1.54) is 16.6 Å². The molecule has 0 unspecified atom stereocenters. The molecule has 0 nitrogen and oxygen atoms in total. The number of hydrogen-bond donors (Lipinski definition) is 0. The summed E-state index contributed by atoms with van der Waals surface area (Å²) in [5, 5.41) is 0. The van der Waals surface area contributed by atoms with Crippen LogP contribution >= 0.6 is 11.6 Å². The minimum Gasteiger partial charge on any atom is -0.215 e. The molecule has 0 amide bonds. The fourth-order valence-electron chi connectivity index (χ4n) is 1.03. The van der Waals surface area contributed by atoms with E-state index in [1.807, 2.05) is 0 Å². The summed E-state index contributed by atoms with van der Waals surface area (Å²) in [5.41, 5.74) is 4.10. The first-order valence-corrected chi connectivity index (χ1v) is 4.96. The van der Waals surface area contributed by atoms with Crippen LogP contribution in [-0.4, -0.2) is 12.8 Å². The van der Waals surface area contributed by atoms with Gasteiger partial charge >= 0.3 is 0 Å². The summed E-state index contributed by atoms with van der Waals surface area (Å²) in [6, 6.07) is 6.40. The summed E-state index contributed by atoms with van der Waals surface area (Å²) in [6.45, 7) is 6.49. The zero-order chi connectivity index (χ0) is 8.27. The normalized spacial score (nSPS) is 9.73. The molecule has 0 aliphatic heterocycles. The highest BCUT2D eigenvalue weighted by Crippen LogP contribution is 2.03. The van der Waals surface area contributed by atoms with Gasteiger partial charge in [-0.2, -0.15) is 0 Å². The standard InChI is InChI=1S/C9H12BS/c1-7-5-4-6-9(8(7)2)10-11-3/h4-6H,1-3H3. The highest BCUT2D eigenvalue weighted by Gasteiger charge is 1.99. The topological polar surface area (TPSA) is 0 Å². The van der Waals surface area contributed by atoms with Crippen molar-refractivity contribution in [1.29, 1.82) is 0 Å². The first kappa shape index (κ1) is 8.73. The van der Waals surface area contributed by atoms with Crippen molar-refractivity contribution in [1.82, 2.24) is 0 Å². The third-order valence-electron chi connectivity index (χ3n) is 1.89. The zero-order valence-electron chi connectivity index (χ0n) is 7.22. The molecule has 57 valence electrons. The molecule has 0 aliphatic rings. The van der Waals surface area contributed by atoms with Crippen LogP contribution in [0.15, 0.2) is 18.2 Å². The molecule has 1 aromatic carbocycles. The van der Waals surface area contributed by atoms with Crippen molar-refractivity contribution in [2.24, 2.45) is 0 Å². The van der Waals surface area contributed by atoms with Crippen LogP contribution < -0.4 is 5.46 Å². The fourth-order valence-corrected chi connectivity index (χ4v) is 1.54. The summed E-state index contributed by atoms with van der Waals surface area (Å²) >= 11 is 1.75. The van der Waals surface area contributed by atoms with Crippen molar-refractivity contribution < 1.29 is 0 Å². The van der Waals surface area contributed by atoms with E-state index in [2.05, 4.69) is 44.9 Å². The molecular formula is C9H12BS. The van der Waals surface area contributed by atoms with Crippen LogP contribution in [0.25, 0.3) is 0 Å². The third kappa shape index (κ3) is 2.03. The molecule has 0 spiro atoms. The summed E-state index contributed by atoms with van der Waals surface area (Å²) in [6.07, 6.45) is 2.09. The van der Waals surface area contributed by atoms with Crippen LogP contribution in [0.2, 0.25) is 0 Å². The number of aryl methyl sites for hydroxylation is 1. The van der Waals surface area contributed by atoms with E-state index >= 15 is 0 Å². The largest absolute Gasteiger partial charge is 0.229 e. The van der Waals surface area contributed by atoms with Crippen LogP contribution in [0.5, 0.6) is 0 Å². The molecule has 11 heavy (non-hydrogen) atoms. The summed E-state index contributed by atoms with van der Waals surface area (Å²) in [7, 11) is 0. The van der Waals surface area contributed by atoms with Crippen LogP contribution in [0.1, 0.15) is 11.1 Å². The average Bonchev–Trinajstić information content (AvgIpc) is 1.99. The SMILES string of the molecule is CS[B]c1cccc(C)c1C. The van der Waals surface area contributed by atoms with Gasteiger partial charge in [-0.1, -0.05) is 29.2 Å². The Bertz CT molecular complexity index is 245. The lowest BCUT2D eigenvalue weighted by molar-refractivity contribution is 1.37. The number of benzene rings is 1. The predicted octanol–water partition coefficient (Wildman–Crippen LogP) is 1.91. The maximum absolute atomic E-state index is 2.18. The Kier molecular flexibility index (Phi) is 3.07. The molecule has 0 fully saturated rings. The predicted molar refractivity (Wildman–Crippen MR) is 54.8 cm³/mol. The minimum absolute atomic E-state index is 1.34. The second kappa shape index (κ2) is 3.86. The van der Waals surface area contributed by atoms with Gasteiger partial charge in [0, 0.05) is 0 Å². The van der Waals surface area contributed by atoms with Gasteiger partial charge in [0.1, 0.15) is 0 Å². The van der Waals surface area contributed by atoms with Crippen LogP contribution in [0.3, 0.4) is 0 Å². The molecular weight excluding hydrogens is 151 g/mol. The van der Waals surface area contributed by atoms with E-state index in [-0.39, 0.29) is 0 Å². The van der Waals surface area contributed by atoms with Crippen molar-refractivity contribution in [2.75, 3.05) is 6.26 Å². The van der Waals surface area contributed by atoms with E-state index in [9.17, 15) is 0 Å². The van der Waals surface area contributed by atoms with E-state index in [4.69, 9.17) is 0 Å². The van der Waals surface area contributed by atoms with Gasteiger partial charge in [0.05, 0.1) is 0 Å². The van der Waals surface area contributed by atoms with Crippen molar-refractivity contribution >= 4 is 23.6 Å². The number of hydrogen-bond acceptors (Lipinski definition) is 1. The Morgan fingerprint density at radius 3 is 2.64 bits per heavy atom. The quantitative estimate of drug-likeness (QED) is 0.600. The molecule has 0 saturated heterocycles. The average molecular weight is 163 g/mol. The maximum atomic E-state index is 2.18. The third-order valence-corrected chi connectivity index (χ3v) is 2.38. The van der Waals surface area contributed by atoms with Crippen LogP contribution in [0.4, 0.5) is 0 Å². The first-order chi connectivity index (χ1) is 5.25. The zero-order valence-corrected chi connectivity index (χ0v) is 8.03. The van der Waals surface area contributed by atoms with Gasteiger partial charge < -0.3 is 0 Å². The van der Waals surface area contributed by atoms with E-state index < -0.39 is 0 Å². The molecule has 1 radical (unpaired) electrons. The van der Waals surface area contributed by atoms with Crippen molar-refractivity contribution in [2.45, 2.75) is 13.8 Å². The van der Waals surface area contributed by atoms with Crippen molar-refractivity contribution in [3.05, 3.63) is 29.3 Å². The van der Waals surface area contributed by atoms with Crippen molar-refractivity contribution in [3.63, 3.8) is 0 Å². The monoisotopic (exact) mass is 163 g/mol. The molecule has 0 N–H and O–H groups in total. The molecule has 0 aromatic heterocycles. The highest BCUT2D eigenvalue weighted by atomic mass is 32.2. The molecule has 0 aliphatic carbocycles. The summed E-state index contributed by atoms with van der Waals surface area (Å²) < 4.78 is 0. The Morgan fingerprint density at radius 1 is 1.27 bits per heavy atom. The van der Waals surface area contributed by atoms with Gasteiger partial charge in [0.25, 0.3) is 0 Å². The van der Waals surface area contributed by atoms with Gasteiger partial charge in [-0.25, -0.2) is 11.6 Å². The minimum atomic E-state index is 1.34. The summed E-state index contributed by atoms with van der Waals surface area (Å²) in [5.74, 6) is 0. The Labute approximate surface area is 73.5 Å². The lowest BCUT2D eigenvalue weighted by Gasteiger charge is -2.04. The smallest absolute Gasteiger partial charge is 0.215 e. The molecule has 1 rings (SSSR count). The fraction of sp³-hybridized carbons (Fsp3) is 0.333. The Balaban J connectivity index is 2.96. The van der Waals surface area contributed by atoms with Crippen LogP contribution in [0, 0.1) is 13.8 Å². The summed E-state index contributed by atoms with van der Waals surface area (Å²) in [4.78, 5) is 0. The van der Waals surface area contributed by atoms with Crippen molar-refractivity contribution in [3.8, 4) is 0 Å². The van der Waals surface area contributed by atoms with E-state index in [0.29, 0.717) is 0 Å². The maximum Gasteiger partial charge on any atom is 0.229 e. The van der Waals surface area contributed by atoms with E-state index in [0.717, 1.165) is 0 Å². The Morgan fingerprint density at radius 2 is 2.00 bits per heavy atom. The molecule has 0 heterocycles. The molecule has 0 bridgehead atoms. The van der Waals surface area contributed by atoms with Gasteiger partial charge in [-0.15, -0.1) is 0 Å². The lowest BCUT2D eigenvalue weighted by Crippen LogP contribution is -2.15.